The van der Waals surface area contributed by atoms with Crippen molar-refractivity contribution in [1.29, 1.82) is 0 Å². The summed E-state index contributed by atoms with van der Waals surface area (Å²) in [6, 6.07) is 15.1. The Labute approximate surface area is 180 Å². The number of hydrogen-bond donors (Lipinski definition) is 1. The van der Waals surface area contributed by atoms with Crippen molar-refractivity contribution in [1.82, 2.24) is 14.1 Å². The predicted molar refractivity (Wildman–Crippen MR) is 117 cm³/mol. The van der Waals surface area contributed by atoms with E-state index in [0.717, 1.165) is 10.4 Å². The van der Waals surface area contributed by atoms with Gasteiger partial charge >= 0.3 is 0 Å². The molecule has 0 bridgehead atoms. The van der Waals surface area contributed by atoms with Crippen LogP contribution in [0.3, 0.4) is 0 Å². The summed E-state index contributed by atoms with van der Waals surface area (Å²) < 4.78 is 29.4. The molecule has 1 fully saturated rings. The van der Waals surface area contributed by atoms with Crippen molar-refractivity contribution in [2.24, 2.45) is 5.92 Å². The second-order valence-electron chi connectivity index (χ2n) is 7.42. The summed E-state index contributed by atoms with van der Waals surface area (Å²) in [5, 5.41) is 7.24. The number of nitrogens with one attached hydrogen (secondary N) is 1. The third-order valence-electron chi connectivity index (χ3n) is 5.21. The molecule has 0 aliphatic carbocycles. The summed E-state index contributed by atoms with van der Waals surface area (Å²) in [6.45, 7) is 3.06. The molecule has 158 valence electrons. The molecule has 0 unspecified atom stereocenters. The average molecular weight is 445 g/mol. The highest BCUT2D eigenvalue weighted by Crippen LogP contribution is 2.28. The summed E-state index contributed by atoms with van der Waals surface area (Å²) >= 11 is 1.26. The molecule has 1 saturated heterocycles. The number of benzene rings is 1. The van der Waals surface area contributed by atoms with E-state index in [0.29, 0.717) is 36.0 Å². The fourth-order valence-corrected chi connectivity index (χ4v) is 6.56. The van der Waals surface area contributed by atoms with Crippen LogP contribution in [0.4, 0.5) is 5.82 Å². The molecule has 3 heterocycles. The highest BCUT2D eigenvalue weighted by Gasteiger charge is 2.34. The number of carbonyl (C=O) groups excluding carboxylic acids is 1. The number of aromatic nitrogens is 2. The van der Waals surface area contributed by atoms with Gasteiger partial charge in [0.25, 0.3) is 10.0 Å². The van der Waals surface area contributed by atoms with Gasteiger partial charge in [0.1, 0.15) is 10.0 Å². The van der Waals surface area contributed by atoms with Crippen molar-refractivity contribution in [2.45, 2.75) is 30.5 Å². The number of carbonyl (C=O) groups is 1. The zero-order chi connectivity index (χ0) is 21.1. The van der Waals surface area contributed by atoms with Gasteiger partial charge in [-0.2, -0.15) is 9.40 Å². The molecule has 9 heteroatoms. The van der Waals surface area contributed by atoms with Crippen molar-refractivity contribution in [3.05, 3.63) is 65.2 Å². The van der Waals surface area contributed by atoms with E-state index in [4.69, 9.17) is 0 Å². The van der Waals surface area contributed by atoms with Crippen molar-refractivity contribution in [3.8, 4) is 0 Å². The normalized spacial score (nSPS) is 17.7. The maximum absolute atomic E-state index is 12.9. The fraction of sp³-hybridized carbons (Fsp3) is 0.333. The number of aryl methyl sites for hydroxylation is 1. The Bertz CT molecular complexity index is 1120. The first kappa shape index (κ1) is 20.8. The molecule has 1 atom stereocenters. The van der Waals surface area contributed by atoms with Gasteiger partial charge in [-0.15, -0.1) is 11.3 Å². The highest BCUT2D eigenvalue weighted by molar-refractivity contribution is 7.91. The van der Waals surface area contributed by atoms with Crippen LogP contribution in [0.25, 0.3) is 0 Å². The number of thiophene rings is 1. The van der Waals surface area contributed by atoms with Crippen LogP contribution in [-0.2, 0) is 21.4 Å². The largest absolute Gasteiger partial charge is 0.311 e. The van der Waals surface area contributed by atoms with E-state index in [1.807, 2.05) is 37.3 Å². The maximum atomic E-state index is 12.9. The molecular formula is C21H24N4O3S2. The van der Waals surface area contributed by atoms with Crippen LogP contribution < -0.4 is 5.32 Å². The first-order valence-corrected chi connectivity index (χ1v) is 12.1. The van der Waals surface area contributed by atoms with E-state index in [-0.39, 0.29) is 12.5 Å². The summed E-state index contributed by atoms with van der Waals surface area (Å²) in [7, 11) is -3.56. The van der Waals surface area contributed by atoms with E-state index in [1.165, 1.54) is 15.6 Å². The number of anilines is 1. The van der Waals surface area contributed by atoms with E-state index >= 15 is 0 Å². The lowest BCUT2D eigenvalue weighted by atomic mass is 9.99. The lowest BCUT2D eigenvalue weighted by molar-refractivity contribution is -0.120. The molecule has 4 rings (SSSR count). The quantitative estimate of drug-likeness (QED) is 0.632. The highest BCUT2D eigenvalue weighted by atomic mass is 32.2. The topological polar surface area (TPSA) is 84.3 Å². The smallest absolute Gasteiger partial charge is 0.252 e. The lowest BCUT2D eigenvalue weighted by Gasteiger charge is -2.30. The van der Waals surface area contributed by atoms with E-state index in [9.17, 15) is 13.2 Å². The van der Waals surface area contributed by atoms with E-state index in [2.05, 4.69) is 10.4 Å². The number of sulfonamides is 1. The summed E-state index contributed by atoms with van der Waals surface area (Å²) in [5.74, 6) is 0.0412. The Morgan fingerprint density at radius 1 is 1.20 bits per heavy atom. The van der Waals surface area contributed by atoms with E-state index < -0.39 is 15.9 Å². The predicted octanol–water partition coefficient (Wildman–Crippen LogP) is 3.34. The Hall–Kier alpha value is -2.49. The Balaban J connectivity index is 1.44. The van der Waals surface area contributed by atoms with Gasteiger partial charge in [-0.1, -0.05) is 30.3 Å². The van der Waals surface area contributed by atoms with Gasteiger partial charge in [0.2, 0.25) is 5.91 Å². The van der Waals surface area contributed by atoms with E-state index in [1.54, 1.807) is 29.1 Å². The third-order valence-corrected chi connectivity index (χ3v) is 8.54. The number of hydrogen-bond acceptors (Lipinski definition) is 5. The first-order chi connectivity index (χ1) is 14.4. The number of nitrogens with zero attached hydrogens (tertiary/aromatic N) is 3. The zero-order valence-corrected chi connectivity index (χ0v) is 18.3. The molecule has 7 nitrogen and oxygen atoms in total. The zero-order valence-electron chi connectivity index (χ0n) is 16.7. The number of rotatable bonds is 6. The number of piperidine rings is 1. The second-order valence-corrected chi connectivity index (χ2v) is 10.9. The van der Waals surface area contributed by atoms with Gasteiger partial charge in [-0.3, -0.25) is 4.79 Å². The van der Waals surface area contributed by atoms with Gasteiger partial charge < -0.3 is 5.32 Å². The first-order valence-electron chi connectivity index (χ1n) is 9.86. The van der Waals surface area contributed by atoms with Crippen LogP contribution in [0, 0.1) is 12.8 Å². The monoisotopic (exact) mass is 444 g/mol. The van der Waals surface area contributed by atoms with Crippen molar-refractivity contribution in [3.63, 3.8) is 0 Å². The molecule has 30 heavy (non-hydrogen) atoms. The summed E-state index contributed by atoms with van der Waals surface area (Å²) in [4.78, 5) is 13.9. The second kappa shape index (κ2) is 8.71. The minimum Gasteiger partial charge on any atom is -0.311 e. The fourth-order valence-electron chi connectivity index (χ4n) is 3.60. The van der Waals surface area contributed by atoms with Gasteiger partial charge in [0.15, 0.2) is 0 Å². The van der Waals surface area contributed by atoms with Crippen molar-refractivity contribution < 1.29 is 13.2 Å². The van der Waals surface area contributed by atoms with Crippen LogP contribution in [0.1, 0.15) is 23.3 Å². The minimum atomic E-state index is -3.56. The maximum Gasteiger partial charge on any atom is 0.252 e. The van der Waals surface area contributed by atoms with Crippen molar-refractivity contribution >= 4 is 33.1 Å². The summed E-state index contributed by atoms with van der Waals surface area (Å²) in [6.07, 6.45) is 2.97. The van der Waals surface area contributed by atoms with Crippen LogP contribution in [-0.4, -0.2) is 41.5 Å². The third kappa shape index (κ3) is 4.48. The molecule has 1 aliphatic rings. The minimum absolute atomic E-state index is 0.174. The molecular weight excluding hydrogens is 420 g/mol. The Morgan fingerprint density at radius 3 is 2.73 bits per heavy atom. The molecule has 3 aromatic rings. The molecule has 1 N–H and O–H groups in total. The molecule has 0 radical (unpaired) electrons. The van der Waals surface area contributed by atoms with Gasteiger partial charge in [-0.05, 0) is 37.5 Å². The standard InChI is InChI=1S/C21H24N4O3S2/c1-16-9-10-20(29-16)30(27,28)24-13-5-8-18(15-24)21(26)23-19-11-12-22-25(19)14-17-6-3-2-4-7-17/h2-4,6-7,9-12,18H,5,8,13-15H2,1H3,(H,23,26)/t18-/m1/s1. The molecule has 1 aromatic carbocycles. The van der Waals surface area contributed by atoms with Gasteiger partial charge in [0, 0.05) is 24.0 Å². The van der Waals surface area contributed by atoms with Gasteiger partial charge in [0.05, 0.1) is 18.7 Å². The number of amides is 1. The van der Waals surface area contributed by atoms with Crippen molar-refractivity contribution in [2.75, 3.05) is 18.4 Å². The van der Waals surface area contributed by atoms with Crippen LogP contribution in [0.2, 0.25) is 0 Å². The summed E-state index contributed by atoms with van der Waals surface area (Å²) in [5.41, 5.74) is 1.08. The van der Waals surface area contributed by atoms with Crippen LogP contribution >= 0.6 is 11.3 Å². The Kier molecular flexibility index (Phi) is 6.03. The lowest BCUT2D eigenvalue weighted by Crippen LogP contribution is -2.43. The van der Waals surface area contributed by atoms with Gasteiger partial charge in [-0.25, -0.2) is 13.1 Å². The molecule has 1 amide bonds. The van der Waals surface area contributed by atoms with Crippen LogP contribution in [0.5, 0.6) is 0 Å². The molecule has 0 spiro atoms. The Morgan fingerprint density at radius 2 is 2.00 bits per heavy atom. The SMILES string of the molecule is Cc1ccc(S(=O)(=O)N2CCC[C@@H](C(=O)Nc3ccnn3Cc3ccccc3)C2)s1. The molecule has 1 aliphatic heterocycles. The average Bonchev–Trinajstić information content (AvgIpc) is 3.38. The molecule has 0 saturated carbocycles. The molecule has 2 aromatic heterocycles. The van der Waals surface area contributed by atoms with Crippen LogP contribution in [0.15, 0.2) is 58.9 Å².